The van der Waals surface area contributed by atoms with Crippen LogP contribution in [0.1, 0.15) is 10.4 Å². The van der Waals surface area contributed by atoms with E-state index >= 15 is 0 Å². The highest BCUT2D eigenvalue weighted by molar-refractivity contribution is 5.87. The van der Waals surface area contributed by atoms with Gasteiger partial charge in [-0.1, -0.05) is 17.3 Å². The smallest absolute Gasteiger partial charge is 0.335 e. The minimum Gasteiger partial charge on any atom is -0.496 e. The van der Waals surface area contributed by atoms with Crippen LogP contribution in [0, 0.1) is 0 Å². The Bertz CT molecular complexity index is 810. The number of para-hydroxylation sites is 1. The summed E-state index contributed by atoms with van der Waals surface area (Å²) in [6.45, 7) is 0. The van der Waals surface area contributed by atoms with E-state index in [2.05, 4.69) is 10.3 Å². The van der Waals surface area contributed by atoms with Gasteiger partial charge in [-0.2, -0.15) is 0 Å². The van der Waals surface area contributed by atoms with E-state index in [1.165, 1.54) is 12.1 Å². The first kappa shape index (κ1) is 13.8. The summed E-state index contributed by atoms with van der Waals surface area (Å²) in [6.07, 6.45) is 1.77. The van der Waals surface area contributed by atoms with Crippen molar-refractivity contribution in [2.24, 2.45) is 0 Å². The number of nitrogens with zero attached hydrogens (tertiary/aromatic N) is 3. The van der Waals surface area contributed by atoms with Gasteiger partial charge in [0.25, 0.3) is 0 Å². The summed E-state index contributed by atoms with van der Waals surface area (Å²) >= 11 is 0. The third-order valence-corrected chi connectivity index (χ3v) is 3.26. The zero-order valence-electron chi connectivity index (χ0n) is 11.8. The van der Waals surface area contributed by atoms with Gasteiger partial charge >= 0.3 is 5.97 Å². The zero-order valence-corrected chi connectivity index (χ0v) is 11.8. The van der Waals surface area contributed by atoms with Gasteiger partial charge in [-0.15, -0.1) is 5.10 Å². The third kappa shape index (κ3) is 2.54. The first-order chi connectivity index (χ1) is 10.7. The predicted octanol–water partition coefficient (Wildman–Crippen LogP) is 2.64. The van der Waals surface area contributed by atoms with Crippen molar-refractivity contribution in [3.05, 3.63) is 60.3 Å². The Kier molecular flexibility index (Phi) is 3.57. The molecule has 1 N–H and O–H groups in total. The van der Waals surface area contributed by atoms with Crippen molar-refractivity contribution in [3.63, 3.8) is 0 Å². The molecule has 0 spiro atoms. The second-order valence-corrected chi connectivity index (χ2v) is 4.60. The van der Waals surface area contributed by atoms with Gasteiger partial charge in [0.2, 0.25) is 0 Å². The van der Waals surface area contributed by atoms with Crippen LogP contribution in [0.2, 0.25) is 0 Å². The molecule has 0 saturated heterocycles. The molecular weight excluding hydrogens is 282 g/mol. The molecule has 6 nitrogen and oxygen atoms in total. The van der Waals surface area contributed by atoms with Crippen molar-refractivity contribution in [1.82, 2.24) is 15.0 Å². The van der Waals surface area contributed by atoms with Gasteiger partial charge in [0.15, 0.2) is 0 Å². The van der Waals surface area contributed by atoms with E-state index in [-0.39, 0.29) is 5.56 Å². The fraction of sp³-hybridized carbons (Fsp3) is 0.0625. The van der Waals surface area contributed by atoms with Crippen molar-refractivity contribution in [1.29, 1.82) is 0 Å². The average molecular weight is 295 g/mol. The van der Waals surface area contributed by atoms with Crippen LogP contribution in [0.5, 0.6) is 5.75 Å². The highest BCUT2D eigenvalue weighted by Gasteiger charge is 2.10. The first-order valence-corrected chi connectivity index (χ1v) is 6.58. The number of hydrogen-bond donors (Lipinski definition) is 1. The molecule has 3 rings (SSSR count). The van der Waals surface area contributed by atoms with Gasteiger partial charge in [-0.05, 0) is 36.4 Å². The maximum absolute atomic E-state index is 10.9. The van der Waals surface area contributed by atoms with Crippen LogP contribution in [0.15, 0.2) is 54.7 Å². The summed E-state index contributed by atoms with van der Waals surface area (Å²) in [6, 6.07) is 14.0. The molecule has 0 aliphatic rings. The highest BCUT2D eigenvalue weighted by atomic mass is 16.5. The second-order valence-electron chi connectivity index (χ2n) is 4.60. The lowest BCUT2D eigenvalue weighted by molar-refractivity contribution is 0.0697. The predicted molar refractivity (Wildman–Crippen MR) is 80.3 cm³/mol. The molecule has 22 heavy (non-hydrogen) atoms. The Morgan fingerprint density at radius 2 is 1.86 bits per heavy atom. The van der Waals surface area contributed by atoms with Gasteiger partial charge in [-0.25, -0.2) is 9.48 Å². The van der Waals surface area contributed by atoms with Gasteiger partial charge < -0.3 is 9.84 Å². The van der Waals surface area contributed by atoms with Crippen molar-refractivity contribution in [2.45, 2.75) is 0 Å². The molecule has 3 aromatic rings. The number of methoxy groups -OCH3 is 1. The molecular formula is C16H13N3O3. The van der Waals surface area contributed by atoms with E-state index < -0.39 is 5.97 Å². The van der Waals surface area contributed by atoms with Gasteiger partial charge in [0, 0.05) is 5.56 Å². The monoisotopic (exact) mass is 295 g/mol. The Labute approximate surface area is 126 Å². The van der Waals surface area contributed by atoms with Gasteiger partial charge in [0.05, 0.1) is 24.6 Å². The molecule has 1 aromatic heterocycles. The van der Waals surface area contributed by atoms with Crippen LogP contribution in [0.4, 0.5) is 0 Å². The highest BCUT2D eigenvalue weighted by Crippen LogP contribution is 2.27. The molecule has 0 aliphatic carbocycles. The molecule has 0 amide bonds. The maximum atomic E-state index is 10.9. The summed E-state index contributed by atoms with van der Waals surface area (Å²) < 4.78 is 6.91. The summed E-state index contributed by atoms with van der Waals surface area (Å²) in [5, 5.41) is 17.1. The minimum absolute atomic E-state index is 0.230. The lowest BCUT2D eigenvalue weighted by Gasteiger charge is -2.04. The van der Waals surface area contributed by atoms with E-state index in [1.807, 2.05) is 24.3 Å². The van der Waals surface area contributed by atoms with Gasteiger partial charge in [-0.3, -0.25) is 0 Å². The van der Waals surface area contributed by atoms with Crippen LogP contribution < -0.4 is 4.74 Å². The number of aromatic carboxylic acids is 1. The maximum Gasteiger partial charge on any atom is 0.335 e. The Morgan fingerprint density at radius 1 is 1.14 bits per heavy atom. The molecule has 0 unspecified atom stereocenters. The van der Waals surface area contributed by atoms with E-state index in [4.69, 9.17) is 9.84 Å². The standard InChI is InChI=1S/C16H13N3O3/c1-22-15-5-3-2-4-13(15)14-10-19(18-17-14)12-8-6-11(7-9-12)16(20)21/h2-10H,1H3,(H,20,21). The minimum atomic E-state index is -0.958. The number of hydrogen-bond acceptors (Lipinski definition) is 4. The summed E-state index contributed by atoms with van der Waals surface area (Å²) in [5.41, 5.74) is 2.49. The van der Waals surface area contributed by atoms with Crippen molar-refractivity contribution >= 4 is 5.97 Å². The molecule has 0 bridgehead atoms. The molecule has 2 aromatic carbocycles. The van der Waals surface area contributed by atoms with E-state index in [9.17, 15) is 4.79 Å². The molecule has 110 valence electrons. The number of rotatable bonds is 4. The SMILES string of the molecule is COc1ccccc1-c1cn(-c2ccc(C(=O)O)cc2)nn1. The molecule has 0 aliphatic heterocycles. The largest absolute Gasteiger partial charge is 0.496 e. The fourth-order valence-electron chi connectivity index (χ4n) is 2.13. The number of carbonyl (C=O) groups is 1. The van der Waals surface area contributed by atoms with E-state index in [0.717, 1.165) is 17.0 Å². The number of carboxylic acid groups (broad SMARTS) is 1. The molecule has 0 saturated carbocycles. The Balaban J connectivity index is 1.95. The first-order valence-electron chi connectivity index (χ1n) is 6.58. The van der Waals surface area contributed by atoms with Gasteiger partial charge in [0.1, 0.15) is 11.4 Å². The lowest BCUT2D eigenvalue weighted by atomic mass is 10.1. The Morgan fingerprint density at radius 3 is 2.55 bits per heavy atom. The Hall–Kier alpha value is -3.15. The second kappa shape index (κ2) is 5.69. The topological polar surface area (TPSA) is 77.2 Å². The summed E-state index contributed by atoms with van der Waals surface area (Å²) in [5.74, 6) is -0.240. The van der Waals surface area contributed by atoms with Crippen molar-refractivity contribution in [3.8, 4) is 22.7 Å². The van der Waals surface area contributed by atoms with Crippen LogP contribution in [-0.4, -0.2) is 33.2 Å². The molecule has 1 heterocycles. The number of benzene rings is 2. The lowest BCUT2D eigenvalue weighted by Crippen LogP contribution is -1.98. The zero-order chi connectivity index (χ0) is 15.5. The third-order valence-electron chi connectivity index (χ3n) is 3.26. The van der Waals surface area contributed by atoms with E-state index in [1.54, 1.807) is 30.1 Å². The molecule has 0 radical (unpaired) electrons. The summed E-state index contributed by atoms with van der Waals surface area (Å²) in [7, 11) is 1.61. The van der Waals surface area contributed by atoms with Crippen molar-refractivity contribution < 1.29 is 14.6 Å². The molecule has 0 atom stereocenters. The van der Waals surface area contributed by atoms with Crippen molar-refractivity contribution in [2.75, 3.05) is 7.11 Å². The summed E-state index contributed by atoms with van der Waals surface area (Å²) in [4.78, 5) is 10.9. The van der Waals surface area contributed by atoms with Crippen LogP contribution in [-0.2, 0) is 0 Å². The fourth-order valence-corrected chi connectivity index (χ4v) is 2.13. The number of ether oxygens (including phenoxy) is 1. The van der Waals surface area contributed by atoms with Crippen LogP contribution in [0.25, 0.3) is 16.9 Å². The average Bonchev–Trinajstić information content (AvgIpc) is 3.04. The van der Waals surface area contributed by atoms with Crippen LogP contribution >= 0.6 is 0 Å². The molecule has 0 fully saturated rings. The quantitative estimate of drug-likeness (QED) is 0.800. The number of carboxylic acids is 1. The normalized spacial score (nSPS) is 10.4. The number of aromatic nitrogens is 3. The van der Waals surface area contributed by atoms with E-state index in [0.29, 0.717) is 5.69 Å². The molecule has 6 heteroatoms. The van der Waals surface area contributed by atoms with Crippen LogP contribution in [0.3, 0.4) is 0 Å².